The van der Waals surface area contributed by atoms with Crippen LogP contribution < -0.4 is 0 Å². The number of carboxylic acids is 1. The monoisotopic (exact) mass is 365 g/mol. The van der Waals surface area contributed by atoms with Gasteiger partial charge in [0.2, 0.25) is 0 Å². The highest BCUT2D eigenvalue weighted by Crippen LogP contribution is 2.38. The molecule has 1 N–H and O–H groups in total. The molecule has 2 aromatic carbocycles. The molecule has 116 valence electrons. The summed E-state index contributed by atoms with van der Waals surface area (Å²) in [7, 11) is 0. The lowest BCUT2D eigenvalue weighted by Crippen LogP contribution is -2.01. The van der Waals surface area contributed by atoms with Crippen molar-refractivity contribution in [2.45, 2.75) is 6.92 Å². The van der Waals surface area contributed by atoms with Gasteiger partial charge in [0.1, 0.15) is 0 Å². The molecule has 0 radical (unpaired) electrons. The van der Waals surface area contributed by atoms with E-state index in [2.05, 4.69) is 4.98 Å². The van der Waals surface area contributed by atoms with E-state index in [0.717, 1.165) is 5.56 Å². The Labute approximate surface area is 147 Å². The molecule has 3 rings (SSSR count). The molecule has 0 atom stereocenters. The van der Waals surface area contributed by atoms with Crippen molar-refractivity contribution in [2.24, 2.45) is 0 Å². The van der Waals surface area contributed by atoms with E-state index in [1.165, 1.54) is 6.07 Å². The number of hydrogen-bond acceptors (Lipinski definition) is 2. The Morgan fingerprint density at radius 1 is 1.04 bits per heavy atom. The first-order valence-electron chi connectivity index (χ1n) is 6.67. The van der Waals surface area contributed by atoms with Crippen molar-refractivity contribution in [3.63, 3.8) is 0 Å². The molecule has 1 heterocycles. The fourth-order valence-corrected chi connectivity index (χ4v) is 3.01. The van der Waals surface area contributed by atoms with Crippen molar-refractivity contribution in [3.05, 3.63) is 62.6 Å². The first-order valence-corrected chi connectivity index (χ1v) is 7.80. The standard InChI is InChI=1S/C17H10Cl3NO2/c1-8-2-5-13-10(6-8)11(17(22)23)7-14(21-13)9-3-4-12(18)16(20)15(9)19/h2-7H,1H3,(H,22,23). The van der Waals surface area contributed by atoms with E-state index in [0.29, 0.717) is 27.2 Å². The van der Waals surface area contributed by atoms with E-state index in [-0.39, 0.29) is 15.6 Å². The van der Waals surface area contributed by atoms with E-state index >= 15 is 0 Å². The molecule has 3 nitrogen and oxygen atoms in total. The number of halogens is 3. The Kier molecular flexibility index (Phi) is 4.19. The highest BCUT2D eigenvalue weighted by Gasteiger charge is 2.16. The predicted octanol–water partition coefficient (Wildman–Crippen LogP) is 5.87. The Balaban J connectivity index is 2.34. The average molecular weight is 367 g/mol. The number of aryl methyl sites for hydroxylation is 1. The zero-order valence-corrected chi connectivity index (χ0v) is 14.2. The van der Waals surface area contributed by atoms with Gasteiger partial charge in [-0.05, 0) is 37.3 Å². The van der Waals surface area contributed by atoms with Crippen molar-refractivity contribution in [3.8, 4) is 11.3 Å². The minimum absolute atomic E-state index is 0.163. The number of aromatic nitrogens is 1. The van der Waals surface area contributed by atoms with Gasteiger partial charge in [-0.3, -0.25) is 0 Å². The summed E-state index contributed by atoms with van der Waals surface area (Å²) in [4.78, 5) is 16.1. The molecular weight excluding hydrogens is 357 g/mol. The molecule has 0 aliphatic rings. The largest absolute Gasteiger partial charge is 0.478 e. The van der Waals surface area contributed by atoms with Gasteiger partial charge in [-0.2, -0.15) is 0 Å². The molecule has 0 unspecified atom stereocenters. The summed E-state index contributed by atoms with van der Waals surface area (Å²) < 4.78 is 0. The second kappa shape index (κ2) is 6.00. The molecule has 0 bridgehead atoms. The first-order chi connectivity index (χ1) is 10.9. The number of rotatable bonds is 2. The predicted molar refractivity (Wildman–Crippen MR) is 93.9 cm³/mol. The summed E-state index contributed by atoms with van der Waals surface area (Å²) in [5, 5.41) is 10.9. The number of fused-ring (bicyclic) bond motifs is 1. The maximum atomic E-state index is 11.6. The van der Waals surface area contributed by atoms with Gasteiger partial charge in [-0.15, -0.1) is 0 Å². The van der Waals surface area contributed by atoms with Gasteiger partial charge < -0.3 is 5.11 Å². The second-order valence-electron chi connectivity index (χ2n) is 5.10. The fourth-order valence-electron chi connectivity index (χ4n) is 2.38. The lowest BCUT2D eigenvalue weighted by atomic mass is 10.0. The van der Waals surface area contributed by atoms with Crippen molar-refractivity contribution in [1.29, 1.82) is 0 Å². The normalized spacial score (nSPS) is 11.0. The third-order valence-corrected chi connectivity index (χ3v) is 4.80. The quantitative estimate of drug-likeness (QED) is 0.577. The smallest absolute Gasteiger partial charge is 0.336 e. The summed E-state index contributed by atoms with van der Waals surface area (Å²) in [6.07, 6.45) is 0. The van der Waals surface area contributed by atoms with E-state index < -0.39 is 5.97 Å². The molecule has 6 heteroatoms. The molecule has 0 saturated carbocycles. The summed E-state index contributed by atoms with van der Waals surface area (Å²) in [6, 6.07) is 10.2. The molecule has 0 aliphatic heterocycles. The van der Waals surface area contributed by atoms with Gasteiger partial charge in [-0.25, -0.2) is 9.78 Å². The number of hydrogen-bond donors (Lipinski definition) is 1. The van der Waals surface area contributed by atoms with E-state index in [1.807, 2.05) is 13.0 Å². The molecular formula is C17H10Cl3NO2. The minimum atomic E-state index is -1.03. The van der Waals surface area contributed by atoms with Crippen LogP contribution in [-0.2, 0) is 0 Å². The van der Waals surface area contributed by atoms with Gasteiger partial charge in [-0.1, -0.05) is 46.4 Å². The summed E-state index contributed by atoms with van der Waals surface area (Å²) in [5.74, 6) is -1.03. The lowest BCUT2D eigenvalue weighted by Gasteiger charge is -2.10. The molecule has 0 amide bonds. The van der Waals surface area contributed by atoms with Crippen LogP contribution in [0.4, 0.5) is 0 Å². The molecule has 0 saturated heterocycles. The molecule has 0 aliphatic carbocycles. The van der Waals surface area contributed by atoms with Crippen molar-refractivity contribution in [1.82, 2.24) is 4.98 Å². The summed E-state index contributed by atoms with van der Waals surface area (Å²) >= 11 is 18.2. The Hall–Kier alpha value is -1.81. The van der Waals surface area contributed by atoms with Crippen LogP contribution in [0.15, 0.2) is 36.4 Å². The second-order valence-corrected chi connectivity index (χ2v) is 6.27. The Morgan fingerprint density at radius 3 is 2.48 bits per heavy atom. The van der Waals surface area contributed by atoms with E-state index in [4.69, 9.17) is 34.8 Å². The third kappa shape index (κ3) is 2.88. The van der Waals surface area contributed by atoms with Crippen molar-refractivity contribution in [2.75, 3.05) is 0 Å². The zero-order chi connectivity index (χ0) is 16.7. The topological polar surface area (TPSA) is 50.2 Å². The number of nitrogens with zero attached hydrogens (tertiary/aromatic N) is 1. The average Bonchev–Trinajstić information content (AvgIpc) is 2.51. The van der Waals surface area contributed by atoms with Crippen LogP contribution in [0.5, 0.6) is 0 Å². The van der Waals surface area contributed by atoms with Gasteiger partial charge in [0.25, 0.3) is 0 Å². The fraction of sp³-hybridized carbons (Fsp3) is 0.0588. The highest BCUT2D eigenvalue weighted by atomic mass is 35.5. The number of pyridine rings is 1. The maximum absolute atomic E-state index is 11.6. The van der Waals surface area contributed by atoms with Gasteiger partial charge in [0.15, 0.2) is 0 Å². The maximum Gasteiger partial charge on any atom is 0.336 e. The van der Waals surface area contributed by atoms with Crippen LogP contribution in [0, 0.1) is 6.92 Å². The lowest BCUT2D eigenvalue weighted by molar-refractivity contribution is 0.0699. The van der Waals surface area contributed by atoms with Crippen LogP contribution in [0.25, 0.3) is 22.2 Å². The van der Waals surface area contributed by atoms with Gasteiger partial charge in [0, 0.05) is 10.9 Å². The number of aromatic carboxylic acids is 1. The molecule has 0 spiro atoms. The molecule has 0 fully saturated rings. The third-order valence-electron chi connectivity index (χ3n) is 3.51. The van der Waals surface area contributed by atoms with E-state index in [9.17, 15) is 9.90 Å². The van der Waals surface area contributed by atoms with Crippen LogP contribution >= 0.6 is 34.8 Å². The van der Waals surface area contributed by atoms with E-state index in [1.54, 1.807) is 24.3 Å². The van der Waals surface area contributed by atoms with Crippen LogP contribution in [0.3, 0.4) is 0 Å². The Bertz CT molecular complexity index is 954. The molecule has 1 aromatic heterocycles. The minimum Gasteiger partial charge on any atom is -0.478 e. The van der Waals surface area contributed by atoms with Crippen LogP contribution in [-0.4, -0.2) is 16.1 Å². The van der Waals surface area contributed by atoms with Crippen molar-refractivity contribution >= 4 is 51.7 Å². The highest BCUT2D eigenvalue weighted by molar-refractivity contribution is 6.49. The Morgan fingerprint density at radius 2 is 1.78 bits per heavy atom. The van der Waals surface area contributed by atoms with Crippen LogP contribution in [0.2, 0.25) is 15.1 Å². The molecule has 23 heavy (non-hydrogen) atoms. The van der Waals surface area contributed by atoms with Gasteiger partial charge in [0.05, 0.1) is 31.8 Å². The van der Waals surface area contributed by atoms with Crippen molar-refractivity contribution < 1.29 is 9.90 Å². The molecule has 3 aromatic rings. The summed E-state index contributed by atoms with van der Waals surface area (Å²) in [5.41, 5.74) is 2.67. The SMILES string of the molecule is Cc1ccc2nc(-c3ccc(Cl)c(Cl)c3Cl)cc(C(=O)O)c2c1. The van der Waals surface area contributed by atoms with Gasteiger partial charge >= 0.3 is 5.97 Å². The number of carbonyl (C=O) groups is 1. The van der Waals surface area contributed by atoms with Crippen LogP contribution in [0.1, 0.15) is 15.9 Å². The summed E-state index contributed by atoms with van der Waals surface area (Å²) in [6.45, 7) is 1.90. The number of carboxylic acid groups (broad SMARTS) is 1. The zero-order valence-electron chi connectivity index (χ0n) is 11.9. The first kappa shape index (κ1) is 16.1. The number of benzene rings is 2.